The van der Waals surface area contributed by atoms with E-state index >= 15 is 0 Å². The summed E-state index contributed by atoms with van der Waals surface area (Å²) in [5, 5.41) is 6.91. The quantitative estimate of drug-likeness (QED) is 0.754. The van der Waals surface area contributed by atoms with Gasteiger partial charge in [-0.1, -0.05) is 13.8 Å². The zero-order valence-electron chi connectivity index (χ0n) is 9.03. The summed E-state index contributed by atoms with van der Waals surface area (Å²) in [5.41, 5.74) is 5.71. The SMILES string of the molecule is CC1(C)CC1NC(=O)Cn1ccc(N)n1. The number of carbonyl (C=O) groups is 1. The number of amides is 1. The van der Waals surface area contributed by atoms with Crippen LogP contribution in [0.1, 0.15) is 20.3 Å². The molecular weight excluding hydrogens is 192 g/mol. The van der Waals surface area contributed by atoms with Gasteiger partial charge in [0.15, 0.2) is 0 Å². The average molecular weight is 208 g/mol. The molecule has 0 bridgehead atoms. The van der Waals surface area contributed by atoms with Gasteiger partial charge in [0.1, 0.15) is 12.4 Å². The molecule has 1 heterocycles. The number of hydrogen-bond donors (Lipinski definition) is 2. The molecule has 3 N–H and O–H groups in total. The van der Waals surface area contributed by atoms with Crippen LogP contribution in [0.15, 0.2) is 12.3 Å². The third kappa shape index (κ3) is 2.29. The first kappa shape index (κ1) is 10.0. The zero-order chi connectivity index (χ0) is 11.1. The molecule has 1 aromatic rings. The largest absolute Gasteiger partial charge is 0.382 e. The molecule has 0 saturated heterocycles. The van der Waals surface area contributed by atoms with Crippen LogP contribution in [0.25, 0.3) is 0 Å². The van der Waals surface area contributed by atoms with Gasteiger partial charge in [-0.25, -0.2) is 0 Å². The number of anilines is 1. The van der Waals surface area contributed by atoms with Gasteiger partial charge in [0.25, 0.3) is 0 Å². The van der Waals surface area contributed by atoms with Gasteiger partial charge in [0.2, 0.25) is 5.91 Å². The summed E-state index contributed by atoms with van der Waals surface area (Å²) in [4.78, 5) is 11.5. The standard InChI is InChI=1S/C10H16N4O/c1-10(2)5-7(10)12-9(15)6-14-4-3-8(11)13-14/h3-4,7H,5-6H2,1-2H3,(H2,11,13)(H,12,15). The lowest BCUT2D eigenvalue weighted by molar-refractivity contribution is -0.122. The van der Waals surface area contributed by atoms with E-state index in [1.165, 1.54) is 0 Å². The third-order valence-electron chi connectivity index (χ3n) is 2.82. The summed E-state index contributed by atoms with van der Waals surface area (Å²) < 4.78 is 1.54. The minimum absolute atomic E-state index is 0.00586. The molecule has 82 valence electrons. The normalized spacial score (nSPS) is 22.4. The lowest BCUT2D eigenvalue weighted by Gasteiger charge is -2.06. The fourth-order valence-electron chi connectivity index (χ4n) is 1.57. The minimum atomic E-state index is -0.00586. The second-order valence-electron chi connectivity index (χ2n) is 4.75. The van der Waals surface area contributed by atoms with Gasteiger partial charge in [-0.05, 0) is 17.9 Å². The first-order chi connectivity index (χ1) is 6.97. The van der Waals surface area contributed by atoms with Crippen molar-refractivity contribution in [3.63, 3.8) is 0 Å². The van der Waals surface area contributed by atoms with Gasteiger partial charge in [-0.3, -0.25) is 9.48 Å². The number of rotatable bonds is 3. The van der Waals surface area contributed by atoms with E-state index in [1.807, 2.05) is 0 Å². The van der Waals surface area contributed by atoms with Gasteiger partial charge in [-0.2, -0.15) is 5.10 Å². The maximum absolute atomic E-state index is 11.5. The molecule has 5 nitrogen and oxygen atoms in total. The van der Waals surface area contributed by atoms with Crippen molar-refractivity contribution in [3.8, 4) is 0 Å². The van der Waals surface area contributed by atoms with E-state index in [1.54, 1.807) is 16.9 Å². The van der Waals surface area contributed by atoms with Crippen molar-refractivity contribution >= 4 is 11.7 Å². The minimum Gasteiger partial charge on any atom is -0.382 e. The van der Waals surface area contributed by atoms with Crippen molar-refractivity contribution in [3.05, 3.63) is 12.3 Å². The molecule has 0 aromatic carbocycles. The lowest BCUT2D eigenvalue weighted by atomic mass is 10.2. The van der Waals surface area contributed by atoms with Crippen LogP contribution in [0, 0.1) is 5.41 Å². The Hall–Kier alpha value is -1.52. The van der Waals surface area contributed by atoms with Crippen molar-refractivity contribution in [1.29, 1.82) is 0 Å². The highest BCUT2D eigenvalue weighted by atomic mass is 16.2. The molecule has 15 heavy (non-hydrogen) atoms. The van der Waals surface area contributed by atoms with Crippen LogP contribution in [0.3, 0.4) is 0 Å². The van der Waals surface area contributed by atoms with Crippen LogP contribution < -0.4 is 11.1 Å². The van der Waals surface area contributed by atoms with Crippen molar-refractivity contribution in [2.24, 2.45) is 5.41 Å². The summed E-state index contributed by atoms with van der Waals surface area (Å²) in [6.07, 6.45) is 2.76. The van der Waals surface area contributed by atoms with E-state index in [-0.39, 0.29) is 17.9 Å². The van der Waals surface area contributed by atoms with Crippen molar-refractivity contribution in [1.82, 2.24) is 15.1 Å². The molecule has 1 amide bonds. The Labute approximate surface area is 88.6 Å². The Morgan fingerprint density at radius 1 is 1.80 bits per heavy atom. The molecular formula is C10H16N4O. The van der Waals surface area contributed by atoms with Crippen molar-refractivity contribution in [2.45, 2.75) is 32.9 Å². The fourth-order valence-corrected chi connectivity index (χ4v) is 1.57. The number of aromatic nitrogens is 2. The molecule has 1 atom stereocenters. The highest BCUT2D eigenvalue weighted by Crippen LogP contribution is 2.44. The van der Waals surface area contributed by atoms with E-state index in [0.29, 0.717) is 11.9 Å². The first-order valence-electron chi connectivity index (χ1n) is 5.06. The second-order valence-corrected chi connectivity index (χ2v) is 4.75. The summed E-state index contributed by atoms with van der Waals surface area (Å²) in [6, 6.07) is 1.99. The van der Waals surface area contributed by atoms with Gasteiger partial charge in [0, 0.05) is 12.2 Å². The van der Waals surface area contributed by atoms with Gasteiger partial charge in [0.05, 0.1) is 0 Å². The van der Waals surface area contributed by atoms with Gasteiger partial charge >= 0.3 is 0 Å². The van der Waals surface area contributed by atoms with E-state index in [9.17, 15) is 4.79 Å². The van der Waals surface area contributed by atoms with E-state index in [4.69, 9.17) is 5.73 Å². The highest BCUT2D eigenvalue weighted by Gasteiger charge is 2.46. The molecule has 1 aromatic heterocycles. The highest BCUT2D eigenvalue weighted by molar-refractivity contribution is 5.76. The van der Waals surface area contributed by atoms with E-state index in [0.717, 1.165) is 6.42 Å². The Bertz CT molecular complexity index is 383. The predicted octanol–water partition coefficient (Wildman–Crippen LogP) is 0.380. The molecule has 5 heteroatoms. The van der Waals surface area contributed by atoms with Crippen LogP contribution in [0.5, 0.6) is 0 Å². The molecule has 1 unspecified atom stereocenters. The maximum atomic E-state index is 11.5. The molecule has 0 aliphatic heterocycles. The molecule has 0 radical (unpaired) electrons. The zero-order valence-corrected chi connectivity index (χ0v) is 9.03. The Morgan fingerprint density at radius 3 is 2.93 bits per heavy atom. The molecule has 0 spiro atoms. The molecule has 1 aliphatic carbocycles. The van der Waals surface area contributed by atoms with Crippen LogP contribution in [0.2, 0.25) is 0 Å². The smallest absolute Gasteiger partial charge is 0.241 e. The second kappa shape index (κ2) is 3.25. The molecule has 1 saturated carbocycles. The van der Waals surface area contributed by atoms with E-state index in [2.05, 4.69) is 24.3 Å². The number of nitrogens with zero attached hydrogens (tertiary/aromatic N) is 2. The monoisotopic (exact) mass is 208 g/mol. The third-order valence-corrected chi connectivity index (χ3v) is 2.82. The number of hydrogen-bond acceptors (Lipinski definition) is 3. The Kier molecular flexibility index (Phi) is 2.17. The fraction of sp³-hybridized carbons (Fsp3) is 0.600. The summed E-state index contributed by atoms with van der Waals surface area (Å²) in [7, 11) is 0. The summed E-state index contributed by atoms with van der Waals surface area (Å²) in [6.45, 7) is 4.53. The van der Waals surface area contributed by atoms with Crippen LogP contribution >= 0.6 is 0 Å². The van der Waals surface area contributed by atoms with Gasteiger partial charge < -0.3 is 11.1 Å². The Balaban J connectivity index is 1.83. The number of nitrogens with one attached hydrogen (secondary N) is 1. The first-order valence-corrected chi connectivity index (χ1v) is 5.06. The number of carbonyl (C=O) groups excluding carboxylic acids is 1. The van der Waals surface area contributed by atoms with Gasteiger partial charge in [-0.15, -0.1) is 0 Å². The van der Waals surface area contributed by atoms with E-state index < -0.39 is 0 Å². The summed E-state index contributed by atoms with van der Waals surface area (Å²) >= 11 is 0. The molecule has 2 rings (SSSR count). The van der Waals surface area contributed by atoms with Crippen LogP contribution in [-0.2, 0) is 11.3 Å². The Morgan fingerprint density at radius 2 is 2.47 bits per heavy atom. The van der Waals surface area contributed by atoms with Crippen molar-refractivity contribution < 1.29 is 4.79 Å². The lowest BCUT2D eigenvalue weighted by Crippen LogP contribution is -2.31. The summed E-state index contributed by atoms with van der Waals surface area (Å²) in [5.74, 6) is 0.434. The molecule has 1 fully saturated rings. The predicted molar refractivity (Wildman–Crippen MR) is 57.0 cm³/mol. The van der Waals surface area contributed by atoms with Crippen LogP contribution in [0.4, 0.5) is 5.82 Å². The average Bonchev–Trinajstić information content (AvgIpc) is 2.54. The molecule has 1 aliphatic rings. The van der Waals surface area contributed by atoms with Crippen LogP contribution in [-0.4, -0.2) is 21.7 Å². The number of nitrogens with two attached hydrogens (primary N) is 1. The number of nitrogen functional groups attached to an aromatic ring is 1. The van der Waals surface area contributed by atoms with Crippen molar-refractivity contribution in [2.75, 3.05) is 5.73 Å². The topological polar surface area (TPSA) is 72.9 Å². The maximum Gasteiger partial charge on any atom is 0.241 e.